The zero-order valence-corrected chi connectivity index (χ0v) is 16.5. The Morgan fingerprint density at radius 1 is 1.50 bits per heavy atom. The third-order valence-corrected chi connectivity index (χ3v) is 5.73. The van der Waals surface area contributed by atoms with E-state index in [0.717, 1.165) is 30.4 Å². The van der Waals surface area contributed by atoms with E-state index in [2.05, 4.69) is 20.9 Å². The van der Waals surface area contributed by atoms with E-state index in [4.69, 9.17) is 5.26 Å². The molecule has 2 unspecified atom stereocenters. The van der Waals surface area contributed by atoms with E-state index >= 15 is 0 Å². The van der Waals surface area contributed by atoms with Crippen LogP contribution in [0.2, 0.25) is 0 Å². The molecule has 0 saturated heterocycles. The molecular weight excluding hydrogens is 356 g/mol. The molecule has 7 nitrogen and oxygen atoms in total. The fourth-order valence-corrected chi connectivity index (χ4v) is 4.01. The summed E-state index contributed by atoms with van der Waals surface area (Å²) in [4.78, 5) is 15.6. The fourth-order valence-electron chi connectivity index (χ4n) is 4.01. The fraction of sp³-hybridized carbons (Fsp3) is 0.571. The van der Waals surface area contributed by atoms with Gasteiger partial charge in [0.15, 0.2) is 0 Å². The summed E-state index contributed by atoms with van der Waals surface area (Å²) in [7, 11) is 0. The molecule has 0 radical (unpaired) electrons. The number of nitrogens with zero attached hydrogens (tertiary/aromatic N) is 3. The average molecular weight is 384 g/mol. The van der Waals surface area contributed by atoms with E-state index in [9.17, 15) is 15.0 Å². The van der Waals surface area contributed by atoms with Crippen molar-refractivity contribution in [2.75, 3.05) is 13.1 Å². The van der Waals surface area contributed by atoms with Crippen LogP contribution in [-0.2, 0) is 11.3 Å². The first kappa shape index (κ1) is 20.3. The number of rotatable bonds is 7. The highest BCUT2D eigenvalue weighted by Gasteiger charge is 2.35. The Kier molecular flexibility index (Phi) is 5.73. The Bertz CT molecular complexity index is 899. The number of nitriles is 1. The van der Waals surface area contributed by atoms with E-state index in [-0.39, 0.29) is 0 Å². The minimum atomic E-state index is -0.862. The van der Waals surface area contributed by atoms with Gasteiger partial charge < -0.3 is 20.1 Å². The molecule has 7 heteroatoms. The Balaban J connectivity index is 1.63. The standard InChI is InChI=1S/C21H28N4O3/c1-20(2,19(26)27)12-23-13-21(28)7-3-4-16(9-21)11-25-14-24-17-6-5-15(10-22)8-18(17)25/h5-6,8,14,16,23,28H,3-4,7,9,11-13H2,1-2H3,(H,26,27). The number of imidazole rings is 1. The van der Waals surface area contributed by atoms with Gasteiger partial charge in [-0.05, 0) is 57.2 Å². The van der Waals surface area contributed by atoms with Gasteiger partial charge in [0.25, 0.3) is 0 Å². The number of fused-ring (bicyclic) bond motifs is 1. The van der Waals surface area contributed by atoms with Gasteiger partial charge >= 0.3 is 5.97 Å². The first-order valence-corrected chi connectivity index (χ1v) is 9.74. The summed E-state index contributed by atoms with van der Waals surface area (Å²) in [5.41, 5.74) is 0.724. The van der Waals surface area contributed by atoms with E-state index in [1.54, 1.807) is 26.2 Å². The molecule has 3 rings (SSSR count). The molecule has 2 aromatic rings. The predicted molar refractivity (Wildman–Crippen MR) is 106 cm³/mol. The van der Waals surface area contributed by atoms with Gasteiger partial charge in [-0.15, -0.1) is 0 Å². The number of benzene rings is 1. The number of aliphatic hydroxyl groups is 1. The number of carboxylic acid groups (broad SMARTS) is 1. The molecule has 0 spiro atoms. The van der Waals surface area contributed by atoms with Crippen LogP contribution in [0.4, 0.5) is 0 Å². The van der Waals surface area contributed by atoms with Crippen molar-refractivity contribution < 1.29 is 15.0 Å². The molecule has 1 fully saturated rings. The molecule has 28 heavy (non-hydrogen) atoms. The second kappa shape index (κ2) is 7.90. The van der Waals surface area contributed by atoms with Gasteiger partial charge in [0.05, 0.1) is 40.0 Å². The molecule has 1 aromatic carbocycles. The number of carboxylic acids is 1. The molecule has 1 aromatic heterocycles. The van der Waals surface area contributed by atoms with Gasteiger partial charge in [-0.1, -0.05) is 6.42 Å². The number of carbonyl (C=O) groups is 1. The monoisotopic (exact) mass is 384 g/mol. The van der Waals surface area contributed by atoms with Crippen LogP contribution in [0.5, 0.6) is 0 Å². The van der Waals surface area contributed by atoms with Crippen LogP contribution in [0.25, 0.3) is 11.0 Å². The largest absolute Gasteiger partial charge is 0.481 e. The lowest BCUT2D eigenvalue weighted by molar-refractivity contribution is -0.146. The zero-order valence-electron chi connectivity index (χ0n) is 16.5. The molecule has 3 N–H and O–H groups in total. The van der Waals surface area contributed by atoms with Crippen LogP contribution in [0.15, 0.2) is 24.5 Å². The second-order valence-corrected chi connectivity index (χ2v) is 8.69. The average Bonchev–Trinajstić information content (AvgIpc) is 3.03. The maximum Gasteiger partial charge on any atom is 0.310 e. The summed E-state index contributed by atoms with van der Waals surface area (Å²) in [6, 6.07) is 7.64. The quantitative estimate of drug-likeness (QED) is 0.676. The van der Waals surface area contributed by atoms with Crippen LogP contribution in [-0.4, -0.2) is 44.4 Å². The highest BCUT2D eigenvalue weighted by molar-refractivity contribution is 5.77. The minimum Gasteiger partial charge on any atom is -0.481 e. The van der Waals surface area contributed by atoms with Gasteiger partial charge in [-0.25, -0.2) is 4.98 Å². The first-order valence-electron chi connectivity index (χ1n) is 9.74. The SMILES string of the molecule is CC(C)(CNCC1(O)CCCC(Cn2cnc3ccc(C#N)cc32)C1)C(=O)O. The van der Waals surface area contributed by atoms with E-state index in [1.165, 1.54) is 0 Å². The van der Waals surface area contributed by atoms with Crippen LogP contribution in [0.3, 0.4) is 0 Å². The van der Waals surface area contributed by atoms with E-state index < -0.39 is 17.0 Å². The molecule has 1 saturated carbocycles. The van der Waals surface area contributed by atoms with Crippen LogP contribution in [0.1, 0.15) is 45.1 Å². The lowest BCUT2D eigenvalue weighted by atomic mass is 9.77. The summed E-state index contributed by atoms with van der Waals surface area (Å²) in [6.07, 6.45) is 5.13. The second-order valence-electron chi connectivity index (χ2n) is 8.69. The molecule has 0 bridgehead atoms. The lowest BCUT2D eigenvalue weighted by Crippen LogP contribution is -2.48. The van der Waals surface area contributed by atoms with Gasteiger partial charge in [-0.3, -0.25) is 4.79 Å². The summed E-state index contributed by atoms with van der Waals surface area (Å²) >= 11 is 0. The topological polar surface area (TPSA) is 111 Å². The van der Waals surface area contributed by atoms with Crippen LogP contribution in [0, 0.1) is 22.7 Å². The van der Waals surface area contributed by atoms with E-state index in [0.29, 0.717) is 37.4 Å². The van der Waals surface area contributed by atoms with Gasteiger partial charge in [0.2, 0.25) is 0 Å². The maximum atomic E-state index is 11.2. The van der Waals surface area contributed by atoms with Crippen molar-refractivity contribution in [3.8, 4) is 6.07 Å². The zero-order chi connectivity index (χ0) is 20.4. The minimum absolute atomic E-state index is 0.302. The Labute approximate surface area is 165 Å². The van der Waals surface area contributed by atoms with Gasteiger partial charge in [0, 0.05) is 19.6 Å². The number of hydrogen-bond acceptors (Lipinski definition) is 5. The van der Waals surface area contributed by atoms with Crippen molar-refractivity contribution in [3.63, 3.8) is 0 Å². The molecular formula is C21H28N4O3. The van der Waals surface area contributed by atoms with Crippen molar-refractivity contribution in [1.29, 1.82) is 5.26 Å². The first-order chi connectivity index (χ1) is 13.2. The van der Waals surface area contributed by atoms with Crippen molar-refractivity contribution >= 4 is 17.0 Å². The third-order valence-electron chi connectivity index (χ3n) is 5.73. The molecule has 0 amide bonds. The number of aromatic nitrogens is 2. The molecule has 1 aliphatic carbocycles. The number of nitrogens with one attached hydrogen (secondary N) is 1. The third kappa shape index (κ3) is 4.51. The molecule has 0 aliphatic heterocycles. The van der Waals surface area contributed by atoms with Crippen molar-refractivity contribution in [2.24, 2.45) is 11.3 Å². The Morgan fingerprint density at radius 3 is 3.00 bits per heavy atom. The van der Waals surface area contributed by atoms with Crippen molar-refractivity contribution in [3.05, 3.63) is 30.1 Å². The highest BCUT2D eigenvalue weighted by atomic mass is 16.4. The Morgan fingerprint density at radius 2 is 2.29 bits per heavy atom. The number of aliphatic carboxylic acids is 1. The van der Waals surface area contributed by atoms with Crippen molar-refractivity contribution in [1.82, 2.24) is 14.9 Å². The molecule has 150 valence electrons. The normalized spacial score (nSPS) is 22.9. The Hall–Kier alpha value is -2.43. The summed E-state index contributed by atoms with van der Waals surface area (Å²) in [5.74, 6) is -0.548. The highest BCUT2D eigenvalue weighted by Crippen LogP contribution is 2.34. The molecule has 2 atom stereocenters. The van der Waals surface area contributed by atoms with Gasteiger partial charge in [-0.2, -0.15) is 5.26 Å². The summed E-state index contributed by atoms with van der Waals surface area (Å²) in [6.45, 7) is 4.81. The molecule has 1 aliphatic rings. The van der Waals surface area contributed by atoms with E-state index in [1.807, 2.05) is 12.1 Å². The summed E-state index contributed by atoms with van der Waals surface area (Å²) in [5, 5.41) is 32.5. The maximum absolute atomic E-state index is 11.2. The van der Waals surface area contributed by atoms with Crippen LogP contribution >= 0.6 is 0 Å². The van der Waals surface area contributed by atoms with Gasteiger partial charge in [0.1, 0.15) is 0 Å². The smallest absolute Gasteiger partial charge is 0.310 e. The molecule has 1 heterocycles. The number of hydrogen-bond donors (Lipinski definition) is 3. The lowest BCUT2D eigenvalue weighted by Gasteiger charge is -2.38. The summed E-state index contributed by atoms with van der Waals surface area (Å²) < 4.78 is 2.06. The van der Waals surface area contributed by atoms with Crippen molar-refractivity contribution in [2.45, 2.75) is 51.7 Å². The van der Waals surface area contributed by atoms with Crippen LogP contribution < -0.4 is 5.32 Å². The predicted octanol–water partition coefficient (Wildman–Crippen LogP) is 2.53.